The molecule has 1 aliphatic rings. The molecule has 2 N–H and O–H groups in total. The van der Waals surface area contributed by atoms with Crippen molar-refractivity contribution in [2.45, 2.75) is 52.0 Å². The van der Waals surface area contributed by atoms with E-state index in [9.17, 15) is 18.3 Å². The van der Waals surface area contributed by atoms with E-state index in [0.29, 0.717) is 17.7 Å². The zero-order chi connectivity index (χ0) is 25.5. The van der Waals surface area contributed by atoms with E-state index in [1.54, 1.807) is 11.0 Å². The number of phenols is 1. The average molecular weight is 493 g/mol. The van der Waals surface area contributed by atoms with E-state index in [2.05, 4.69) is 55.8 Å². The average Bonchev–Trinajstić information content (AvgIpc) is 2.79. The van der Waals surface area contributed by atoms with Crippen LogP contribution in [0, 0.1) is 0 Å². The van der Waals surface area contributed by atoms with Crippen LogP contribution >= 0.6 is 0 Å². The van der Waals surface area contributed by atoms with Gasteiger partial charge >= 0.3 is 0 Å². The number of hydrogen-bond acceptors (Lipinski definition) is 4. The van der Waals surface area contributed by atoms with Crippen LogP contribution in [0.1, 0.15) is 55.6 Å². The van der Waals surface area contributed by atoms with Crippen LogP contribution in [0.2, 0.25) is 0 Å². The number of hydrogen-bond donors (Lipinski definition) is 2. The Hall–Kier alpha value is -3.32. The van der Waals surface area contributed by atoms with Crippen molar-refractivity contribution in [3.63, 3.8) is 0 Å². The summed E-state index contributed by atoms with van der Waals surface area (Å²) in [5.41, 5.74) is 5.77. The largest absolute Gasteiger partial charge is 0.506 e. The fraction of sp³-hybridized carbons (Fsp3) is 0.321. The Balaban J connectivity index is 1.69. The van der Waals surface area contributed by atoms with Gasteiger partial charge in [-0.2, -0.15) is 0 Å². The lowest BCUT2D eigenvalue weighted by Crippen LogP contribution is -2.45. The smallest absolute Gasteiger partial charge is 0.258 e. The molecule has 0 saturated heterocycles. The van der Waals surface area contributed by atoms with Gasteiger partial charge in [-0.15, -0.1) is 0 Å². The van der Waals surface area contributed by atoms with Crippen molar-refractivity contribution in [3.8, 4) is 16.9 Å². The molecule has 0 spiro atoms. The summed E-state index contributed by atoms with van der Waals surface area (Å²) in [5, 5.41) is 10.1. The summed E-state index contributed by atoms with van der Waals surface area (Å²) in [5.74, 6) is -0.331. The van der Waals surface area contributed by atoms with Crippen molar-refractivity contribution in [2.75, 3.05) is 15.9 Å². The molecule has 1 atom stereocenters. The van der Waals surface area contributed by atoms with Crippen molar-refractivity contribution < 1.29 is 18.3 Å². The summed E-state index contributed by atoms with van der Waals surface area (Å²) in [4.78, 5) is 15.3. The molecule has 1 unspecified atom stereocenters. The van der Waals surface area contributed by atoms with Gasteiger partial charge in [0.2, 0.25) is 10.0 Å². The zero-order valence-corrected chi connectivity index (χ0v) is 21.6. The third kappa shape index (κ3) is 5.20. The van der Waals surface area contributed by atoms with E-state index < -0.39 is 10.0 Å². The van der Waals surface area contributed by atoms with E-state index in [1.165, 1.54) is 17.7 Å². The number of carbonyl (C=O) groups is 1. The van der Waals surface area contributed by atoms with Crippen molar-refractivity contribution in [1.29, 1.82) is 0 Å². The van der Waals surface area contributed by atoms with Crippen LogP contribution in [-0.4, -0.2) is 31.7 Å². The van der Waals surface area contributed by atoms with Gasteiger partial charge in [0.25, 0.3) is 5.91 Å². The summed E-state index contributed by atoms with van der Waals surface area (Å²) in [6.45, 7) is 8.60. The van der Waals surface area contributed by atoms with Crippen LogP contribution in [0.4, 0.5) is 11.4 Å². The first-order valence-corrected chi connectivity index (χ1v) is 13.6. The number of carbonyl (C=O) groups excluding carboxylic acids is 1. The monoisotopic (exact) mass is 492 g/mol. The molecular formula is C28H32N2O4S. The minimum absolute atomic E-state index is 0.0486. The fourth-order valence-corrected chi connectivity index (χ4v) is 5.13. The van der Waals surface area contributed by atoms with E-state index in [0.717, 1.165) is 29.4 Å². The molecule has 35 heavy (non-hydrogen) atoms. The number of amides is 1. The highest BCUT2D eigenvalue weighted by Gasteiger charge is 2.33. The van der Waals surface area contributed by atoms with Gasteiger partial charge in [0.1, 0.15) is 5.75 Å². The number of rotatable bonds is 5. The minimum Gasteiger partial charge on any atom is -0.506 e. The summed E-state index contributed by atoms with van der Waals surface area (Å²) < 4.78 is 25.7. The van der Waals surface area contributed by atoms with Crippen LogP contribution in [0.5, 0.6) is 5.75 Å². The topological polar surface area (TPSA) is 86.7 Å². The lowest BCUT2D eigenvalue weighted by atomic mass is 9.85. The highest BCUT2D eigenvalue weighted by Crippen LogP contribution is 2.36. The molecule has 0 fully saturated rings. The Morgan fingerprint density at radius 3 is 2.26 bits per heavy atom. The van der Waals surface area contributed by atoms with Crippen LogP contribution in [0.25, 0.3) is 11.1 Å². The summed E-state index contributed by atoms with van der Waals surface area (Å²) in [6.07, 6.45) is 2.43. The lowest BCUT2D eigenvalue weighted by molar-refractivity contribution is 0.0966. The van der Waals surface area contributed by atoms with E-state index in [1.807, 2.05) is 19.1 Å². The van der Waals surface area contributed by atoms with Gasteiger partial charge in [-0.05, 0) is 64.8 Å². The van der Waals surface area contributed by atoms with Crippen LogP contribution in [-0.2, 0) is 21.9 Å². The van der Waals surface area contributed by atoms with Gasteiger partial charge in [0.05, 0.1) is 11.9 Å². The molecule has 0 bridgehead atoms. The van der Waals surface area contributed by atoms with Crippen molar-refractivity contribution in [2.24, 2.45) is 0 Å². The third-order valence-corrected chi connectivity index (χ3v) is 7.08. The molecule has 0 saturated carbocycles. The van der Waals surface area contributed by atoms with Crippen LogP contribution < -0.4 is 9.62 Å². The summed E-state index contributed by atoms with van der Waals surface area (Å²) >= 11 is 0. The third-order valence-electron chi connectivity index (χ3n) is 6.48. The quantitative estimate of drug-likeness (QED) is 0.447. The maximum atomic E-state index is 13.6. The van der Waals surface area contributed by atoms with Gasteiger partial charge in [-0.1, -0.05) is 64.1 Å². The number of nitrogens with zero attached hydrogens (tertiary/aromatic N) is 1. The Morgan fingerprint density at radius 1 is 1.00 bits per heavy atom. The molecule has 0 aliphatic carbocycles. The molecule has 1 aliphatic heterocycles. The van der Waals surface area contributed by atoms with Gasteiger partial charge in [0.15, 0.2) is 0 Å². The molecule has 184 valence electrons. The first kappa shape index (κ1) is 24.8. The maximum Gasteiger partial charge on any atom is 0.258 e. The Morgan fingerprint density at radius 2 is 1.66 bits per heavy atom. The molecule has 1 amide bonds. The molecule has 3 aromatic carbocycles. The summed E-state index contributed by atoms with van der Waals surface area (Å²) in [7, 11) is -3.58. The molecule has 4 rings (SSSR count). The Labute approximate surface area is 207 Å². The van der Waals surface area contributed by atoms with Crippen molar-refractivity contribution >= 4 is 27.3 Å². The predicted octanol–water partition coefficient (Wildman–Crippen LogP) is 5.71. The fourth-order valence-electron chi connectivity index (χ4n) is 4.56. The van der Waals surface area contributed by atoms with Crippen LogP contribution in [0.15, 0.2) is 60.7 Å². The van der Waals surface area contributed by atoms with Crippen molar-refractivity contribution in [1.82, 2.24) is 0 Å². The Kier molecular flexibility index (Phi) is 6.40. The van der Waals surface area contributed by atoms with E-state index in [-0.39, 0.29) is 28.8 Å². The van der Waals surface area contributed by atoms with Gasteiger partial charge < -0.3 is 10.0 Å². The van der Waals surface area contributed by atoms with Crippen LogP contribution in [0.3, 0.4) is 0 Å². The second-order valence-electron chi connectivity index (χ2n) is 10.2. The molecule has 0 aromatic heterocycles. The minimum atomic E-state index is -3.58. The second kappa shape index (κ2) is 9.04. The van der Waals surface area contributed by atoms with Gasteiger partial charge in [0, 0.05) is 17.3 Å². The SMILES string of the molecule is CCC1Cc2cc(-c3ccc(C(C)(C)C)cc3)ccc2C(=O)N1c1ccc(O)c(NS(C)(=O)=O)c1. The highest BCUT2D eigenvalue weighted by atomic mass is 32.2. The number of fused-ring (bicyclic) bond motifs is 1. The Bertz CT molecular complexity index is 1370. The van der Waals surface area contributed by atoms with Crippen molar-refractivity contribution in [3.05, 3.63) is 77.4 Å². The normalized spacial score (nSPS) is 16.2. The lowest BCUT2D eigenvalue weighted by Gasteiger charge is -2.36. The first-order chi connectivity index (χ1) is 16.4. The number of phenolic OH excluding ortho intramolecular Hbond substituents is 1. The number of benzene rings is 3. The molecule has 7 heteroatoms. The van der Waals surface area contributed by atoms with Gasteiger partial charge in [-0.3, -0.25) is 9.52 Å². The maximum absolute atomic E-state index is 13.6. The van der Waals surface area contributed by atoms with Gasteiger partial charge in [-0.25, -0.2) is 8.42 Å². The standard InChI is InChI=1S/C28H32N2O4S/c1-6-22-16-20-15-19(18-7-10-21(11-8-18)28(2,3)4)9-13-24(20)27(32)30(22)23-12-14-26(31)25(17-23)29-35(5,33)34/h7-15,17,22,29,31H,6,16H2,1-5H3. The molecule has 6 nitrogen and oxygen atoms in total. The summed E-state index contributed by atoms with van der Waals surface area (Å²) in [6, 6.07) is 19.0. The first-order valence-electron chi connectivity index (χ1n) is 11.8. The van der Waals surface area contributed by atoms with E-state index in [4.69, 9.17) is 0 Å². The zero-order valence-electron chi connectivity index (χ0n) is 20.8. The number of nitrogens with one attached hydrogen (secondary N) is 1. The number of aromatic hydroxyl groups is 1. The highest BCUT2D eigenvalue weighted by molar-refractivity contribution is 7.92. The number of sulfonamides is 1. The second-order valence-corrected chi connectivity index (χ2v) is 12.0. The van der Waals surface area contributed by atoms with E-state index >= 15 is 0 Å². The molecular weight excluding hydrogens is 460 g/mol. The molecule has 0 radical (unpaired) electrons. The molecule has 1 heterocycles. The number of anilines is 2. The predicted molar refractivity (Wildman–Crippen MR) is 142 cm³/mol. The molecule has 3 aromatic rings.